The van der Waals surface area contributed by atoms with Crippen LogP contribution in [0.2, 0.25) is 0 Å². The Hall–Kier alpha value is -1.69. The Bertz CT molecular complexity index is 392. The molecule has 0 saturated heterocycles. The van der Waals surface area contributed by atoms with Gasteiger partial charge in [0, 0.05) is 18.8 Å². The van der Waals surface area contributed by atoms with E-state index in [9.17, 15) is 4.79 Å². The van der Waals surface area contributed by atoms with E-state index in [1.54, 1.807) is 30.3 Å². The first-order chi connectivity index (χ1) is 7.54. The highest BCUT2D eigenvalue weighted by atomic mass is 32.1. The van der Waals surface area contributed by atoms with Crippen molar-refractivity contribution >= 4 is 29.0 Å². The zero-order chi connectivity index (χ0) is 12.1. The van der Waals surface area contributed by atoms with Gasteiger partial charge in [-0.2, -0.15) is 0 Å². The van der Waals surface area contributed by atoms with Crippen LogP contribution in [0.15, 0.2) is 18.3 Å². The molecule has 0 aromatic carbocycles. The lowest BCUT2D eigenvalue weighted by atomic mass is 10.3. The number of pyridine rings is 1. The van der Waals surface area contributed by atoms with Gasteiger partial charge in [0.1, 0.15) is 17.4 Å². The third kappa shape index (κ3) is 3.16. The third-order valence-corrected chi connectivity index (χ3v) is 2.25. The van der Waals surface area contributed by atoms with Crippen LogP contribution in [0.25, 0.3) is 0 Å². The molecule has 0 aliphatic carbocycles. The minimum atomic E-state index is -0.317. The molecule has 1 aromatic rings. The molecule has 86 valence electrons. The highest BCUT2D eigenvalue weighted by molar-refractivity contribution is 7.80. The van der Waals surface area contributed by atoms with Crippen molar-refractivity contribution in [3.8, 4) is 0 Å². The van der Waals surface area contributed by atoms with Crippen molar-refractivity contribution in [2.75, 3.05) is 25.6 Å². The molecule has 1 rings (SSSR count). The number of hydrogen-bond acceptors (Lipinski definition) is 5. The number of carbonyl (C=O) groups excluding carboxylic acids is 1. The molecule has 6 heteroatoms. The van der Waals surface area contributed by atoms with Crippen LogP contribution in [0.5, 0.6) is 0 Å². The molecule has 0 amide bonds. The molecular formula is C10H13N3O2S. The van der Waals surface area contributed by atoms with Gasteiger partial charge in [0.05, 0.1) is 7.11 Å². The van der Waals surface area contributed by atoms with Gasteiger partial charge >= 0.3 is 5.97 Å². The lowest BCUT2D eigenvalue weighted by Crippen LogP contribution is -2.27. The molecule has 0 bridgehead atoms. The van der Waals surface area contributed by atoms with Gasteiger partial charge in [-0.05, 0) is 12.1 Å². The number of anilines is 1. The van der Waals surface area contributed by atoms with Gasteiger partial charge in [0.2, 0.25) is 0 Å². The molecule has 0 unspecified atom stereocenters. The summed E-state index contributed by atoms with van der Waals surface area (Å²) in [5.74, 6) is 0.341. The SMILES string of the molecule is COC(=O)CN(C)c1ccc(C(N)=S)cn1. The van der Waals surface area contributed by atoms with Gasteiger partial charge in [-0.25, -0.2) is 4.98 Å². The summed E-state index contributed by atoms with van der Waals surface area (Å²) in [5.41, 5.74) is 6.15. The fraction of sp³-hybridized carbons (Fsp3) is 0.300. The van der Waals surface area contributed by atoms with E-state index in [4.69, 9.17) is 18.0 Å². The van der Waals surface area contributed by atoms with E-state index in [1.807, 2.05) is 0 Å². The molecule has 0 radical (unpaired) electrons. The molecule has 0 saturated carbocycles. The number of esters is 1. The molecule has 0 aliphatic rings. The molecular weight excluding hydrogens is 226 g/mol. The first kappa shape index (κ1) is 12.4. The maximum atomic E-state index is 11.0. The number of carbonyl (C=O) groups is 1. The van der Waals surface area contributed by atoms with Gasteiger partial charge in [0.15, 0.2) is 0 Å². The van der Waals surface area contributed by atoms with Gasteiger partial charge < -0.3 is 15.4 Å². The maximum Gasteiger partial charge on any atom is 0.325 e. The highest BCUT2D eigenvalue weighted by Gasteiger charge is 2.08. The van der Waals surface area contributed by atoms with Gasteiger partial charge in [-0.1, -0.05) is 12.2 Å². The molecule has 0 atom stereocenters. The summed E-state index contributed by atoms with van der Waals surface area (Å²) in [6.07, 6.45) is 1.57. The molecule has 16 heavy (non-hydrogen) atoms. The van der Waals surface area contributed by atoms with Crippen LogP contribution in [0.4, 0.5) is 5.82 Å². The van der Waals surface area contributed by atoms with Crippen molar-refractivity contribution < 1.29 is 9.53 Å². The summed E-state index contributed by atoms with van der Waals surface area (Å²) in [7, 11) is 3.10. The van der Waals surface area contributed by atoms with Crippen molar-refractivity contribution in [2.24, 2.45) is 5.73 Å². The molecule has 5 nitrogen and oxygen atoms in total. The van der Waals surface area contributed by atoms with Gasteiger partial charge in [0.25, 0.3) is 0 Å². The standard InChI is InChI=1S/C10H13N3O2S/c1-13(6-9(14)15-2)8-4-3-7(5-12-8)10(11)16/h3-5H,6H2,1-2H3,(H2,11,16). The average Bonchev–Trinajstić information content (AvgIpc) is 2.28. The van der Waals surface area contributed by atoms with Crippen LogP contribution >= 0.6 is 12.2 Å². The van der Waals surface area contributed by atoms with E-state index < -0.39 is 0 Å². The molecule has 1 heterocycles. The van der Waals surface area contributed by atoms with Crippen LogP contribution in [0.1, 0.15) is 5.56 Å². The molecule has 0 fully saturated rings. The number of hydrogen-bond donors (Lipinski definition) is 1. The second-order valence-corrected chi connectivity index (χ2v) is 3.64. The Morgan fingerprint density at radius 1 is 1.62 bits per heavy atom. The number of thiocarbonyl (C=S) groups is 1. The van der Waals surface area contributed by atoms with E-state index in [0.717, 1.165) is 0 Å². The van der Waals surface area contributed by atoms with Crippen LogP contribution in [0, 0.1) is 0 Å². The number of methoxy groups -OCH3 is 1. The number of nitrogens with two attached hydrogens (primary N) is 1. The highest BCUT2D eigenvalue weighted by Crippen LogP contribution is 2.09. The number of aromatic nitrogens is 1. The normalized spacial score (nSPS) is 9.62. The first-order valence-electron chi connectivity index (χ1n) is 4.58. The Kier molecular flexibility index (Phi) is 4.19. The summed E-state index contributed by atoms with van der Waals surface area (Å²) in [4.78, 5) is 17.2. The minimum Gasteiger partial charge on any atom is -0.468 e. The Balaban J connectivity index is 2.73. The molecule has 0 spiro atoms. The second kappa shape index (κ2) is 5.41. The Morgan fingerprint density at radius 3 is 2.75 bits per heavy atom. The van der Waals surface area contributed by atoms with Crippen LogP contribution < -0.4 is 10.6 Å². The minimum absolute atomic E-state index is 0.149. The van der Waals surface area contributed by atoms with Crippen LogP contribution in [-0.4, -0.2) is 36.6 Å². The summed E-state index contributed by atoms with van der Waals surface area (Å²) in [6, 6.07) is 3.51. The Labute approximate surface area is 99.2 Å². The monoisotopic (exact) mass is 239 g/mol. The third-order valence-electron chi connectivity index (χ3n) is 2.02. The van der Waals surface area contributed by atoms with E-state index in [0.29, 0.717) is 16.4 Å². The van der Waals surface area contributed by atoms with Crippen molar-refractivity contribution in [3.63, 3.8) is 0 Å². The quantitative estimate of drug-likeness (QED) is 0.603. The number of likely N-dealkylation sites (N-methyl/N-ethyl adjacent to an activating group) is 1. The topological polar surface area (TPSA) is 68.5 Å². The Morgan fingerprint density at radius 2 is 2.31 bits per heavy atom. The van der Waals surface area contributed by atoms with Gasteiger partial charge in [-0.15, -0.1) is 0 Å². The molecule has 1 aromatic heterocycles. The molecule has 0 aliphatic heterocycles. The van der Waals surface area contributed by atoms with Crippen molar-refractivity contribution in [3.05, 3.63) is 23.9 Å². The maximum absolute atomic E-state index is 11.0. The number of rotatable bonds is 4. The summed E-state index contributed by atoms with van der Waals surface area (Å²) >= 11 is 4.81. The lowest BCUT2D eigenvalue weighted by molar-refractivity contribution is -0.138. The number of nitrogens with zero attached hydrogens (tertiary/aromatic N) is 2. The smallest absolute Gasteiger partial charge is 0.325 e. The zero-order valence-corrected chi connectivity index (χ0v) is 9.95. The van der Waals surface area contributed by atoms with Crippen LogP contribution in [0.3, 0.4) is 0 Å². The summed E-state index contributed by atoms with van der Waals surface area (Å²) in [6.45, 7) is 0.149. The van der Waals surface area contributed by atoms with Crippen LogP contribution in [-0.2, 0) is 9.53 Å². The average molecular weight is 239 g/mol. The second-order valence-electron chi connectivity index (χ2n) is 3.20. The van der Waals surface area contributed by atoms with Crippen molar-refractivity contribution in [1.29, 1.82) is 0 Å². The fourth-order valence-corrected chi connectivity index (χ4v) is 1.22. The fourth-order valence-electron chi connectivity index (χ4n) is 1.10. The summed E-state index contributed by atoms with van der Waals surface area (Å²) < 4.78 is 4.56. The van der Waals surface area contributed by atoms with E-state index in [1.165, 1.54) is 7.11 Å². The van der Waals surface area contributed by atoms with Crippen molar-refractivity contribution in [1.82, 2.24) is 4.98 Å². The summed E-state index contributed by atoms with van der Waals surface area (Å²) in [5, 5.41) is 0. The number of ether oxygens (including phenoxy) is 1. The molecule has 2 N–H and O–H groups in total. The zero-order valence-electron chi connectivity index (χ0n) is 9.14. The van der Waals surface area contributed by atoms with Gasteiger partial charge in [-0.3, -0.25) is 4.79 Å². The van der Waals surface area contributed by atoms with E-state index in [-0.39, 0.29) is 12.5 Å². The largest absolute Gasteiger partial charge is 0.468 e. The van der Waals surface area contributed by atoms with E-state index in [2.05, 4.69) is 9.72 Å². The van der Waals surface area contributed by atoms with Crippen molar-refractivity contribution in [2.45, 2.75) is 0 Å². The first-order valence-corrected chi connectivity index (χ1v) is 4.99. The van der Waals surface area contributed by atoms with E-state index >= 15 is 0 Å². The predicted molar refractivity (Wildman–Crippen MR) is 65.4 cm³/mol. The predicted octanol–water partition coefficient (Wildman–Crippen LogP) is 0.325. The lowest BCUT2D eigenvalue weighted by Gasteiger charge is -2.16.